The number of hydrogen-bond acceptors (Lipinski definition) is 4. The number of fused-ring (bicyclic) bond motifs is 1. The van der Waals surface area contributed by atoms with E-state index in [0.717, 1.165) is 18.8 Å². The third-order valence-electron chi connectivity index (χ3n) is 7.23. The minimum absolute atomic E-state index is 0.205. The van der Waals surface area contributed by atoms with E-state index in [0.29, 0.717) is 29.5 Å². The molecule has 1 aliphatic heterocycles. The fraction of sp³-hybridized carbons (Fsp3) is 0.773. The summed E-state index contributed by atoms with van der Waals surface area (Å²) in [5.74, 6) is 1.56. The zero-order chi connectivity index (χ0) is 18.9. The molecule has 0 aromatic heterocycles. The number of ether oxygens (including phenoxy) is 2. The van der Waals surface area contributed by atoms with Crippen molar-refractivity contribution in [1.82, 2.24) is 0 Å². The van der Waals surface area contributed by atoms with Crippen LogP contribution < -0.4 is 0 Å². The molecule has 1 heterocycles. The lowest BCUT2D eigenvalue weighted by molar-refractivity contribution is -0.135. The Morgan fingerprint density at radius 3 is 2.85 bits per heavy atom. The average molecular weight is 379 g/mol. The van der Waals surface area contributed by atoms with Crippen molar-refractivity contribution in [2.45, 2.75) is 65.4 Å². The Morgan fingerprint density at radius 2 is 2.12 bits per heavy atom. The van der Waals surface area contributed by atoms with E-state index in [2.05, 4.69) is 33.4 Å². The Labute approximate surface area is 163 Å². The number of esters is 1. The third-order valence-corrected chi connectivity index (χ3v) is 7.60. The predicted molar refractivity (Wildman–Crippen MR) is 108 cm³/mol. The largest absolute Gasteiger partial charge is 0.459 e. The van der Waals surface area contributed by atoms with E-state index in [1.54, 1.807) is 11.8 Å². The highest BCUT2D eigenvalue weighted by atomic mass is 32.2. The normalized spacial score (nSPS) is 38.3. The first-order valence-electron chi connectivity index (χ1n) is 9.95. The van der Waals surface area contributed by atoms with E-state index in [1.165, 1.54) is 31.3 Å². The quantitative estimate of drug-likeness (QED) is 0.279. The van der Waals surface area contributed by atoms with Gasteiger partial charge in [0.2, 0.25) is 0 Å². The molecule has 0 aromatic carbocycles. The maximum Gasteiger partial charge on any atom is 0.336 e. The summed E-state index contributed by atoms with van der Waals surface area (Å²) in [6.45, 7) is 12.1. The van der Waals surface area contributed by atoms with Gasteiger partial charge in [-0.15, -0.1) is 11.8 Å². The number of rotatable bonds is 5. The van der Waals surface area contributed by atoms with Gasteiger partial charge in [0, 0.05) is 0 Å². The number of allylic oxidation sites excluding steroid dienone is 2. The van der Waals surface area contributed by atoms with E-state index < -0.39 is 0 Å². The molecule has 1 saturated heterocycles. The van der Waals surface area contributed by atoms with Gasteiger partial charge in [-0.2, -0.15) is 0 Å². The molecule has 0 aromatic rings. The zero-order valence-electron chi connectivity index (χ0n) is 16.8. The number of hydrogen-bond donors (Lipinski definition) is 0. The van der Waals surface area contributed by atoms with Crippen molar-refractivity contribution in [2.24, 2.45) is 22.7 Å². The van der Waals surface area contributed by atoms with Gasteiger partial charge in [0.05, 0.1) is 11.5 Å². The van der Waals surface area contributed by atoms with Crippen molar-refractivity contribution in [1.29, 1.82) is 0 Å². The first-order chi connectivity index (χ1) is 12.3. The predicted octanol–water partition coefficient (Wildman–Crippen LogP) is 5.36. The fourth-order valence-electron chi connectivity index (χ4n) is 5.91. The molecule has 3 fully saturated rings. The van der Waals surface area contributed by atoms with E-state index in [-0.39, 0.29) is 17.5 Å². The Morgan fingerprint density at radius 1 is 1.35 bits per heavy atom. The lowest BCUT2D eigenvalue weighted by atomic mass is 9.47. The molecule has 146 valence electrons. The van der Waals surface area contributed by atoms with E-state index in [9.17, 15) is 4.79 Å². The second-order valence-electron chi connectivity index (χ2n) is 9.21. The molecule has 3 aliphatic rings. The van der Waals surface area contributed by atoms with Gasteiger partial charge in [0.1, 0.15) is 12.7 Å². The lowest BCUT2D eigenvalue weighted by Crippen LogP contribution is -2.49. The second kappa shape index (κ2) is 7.71. The summed E-state index contributed by atoms with van der Waals surface area (Å²) in [5.41, 5.74) is 2.76. The number of carbonyl (C=O) groups excluding carboxylic acids is 1. The third kappa shape index (κ3) is 3.64. The number of cyclic esters (lactones) is 1. The highest BCUT2D eigenvalue weighted by molar-refractivity contribution is 7.98. The summed E-state index contributed by atoms with van der Waals surface area (Å²) in [7, 11) is 0. The summed E-state index contributed by atoms with van der Waals surface area (Å²) < 4.78 is 11.0. The van der Waals surface area contributed by atoms with Crippen LogP contribution in [0.15, 0.2) is 23.8 Å². The van der Waals surface area contributed by atoms with Gasteiger partial charge in [0.25, 0.3) is 0 Å². The highest BCUT2D eigenvalue weighted by Crippen LogP contribution is 2.61. The van der Waals surface area contributed by atoms with Crippen molar-refractivity contribution < 1.29 is 14.3 Å². The van der Waals surface area contributed by atoms with Crippen LogP contribution in [0, 0.1) is 22.7 Å². The van der Waals surface area contributed by atoms with E-state index >= 15 is 0 Å². The van der Waals surface area contributed by atoms with E-state index in [4.69, 9.17) is 9.47 Å². The summed E-state index contributed by atoms with van der Waals surface area (Å²) in [6.07, 6.45) is 11.0. The Balaban J connectivity index is 1.80. The molecule has 3 nitrogen and oxygen atoms in total. The summed E-state index contributed by atoms with van der Waals surface area (Å²) >= 11 is 1.62. The molecular weight excluding hydrogens is 344 g/mol. The van der Waals surface area contributed by atoms with Crippen molar-refractivity contribution in [3.63, 3.8) is 0 Å². The Hall–Kier alpha value is -0.740. The van der Waals surface area contributed by atoms with Crippen LogP contribution in [0.25, 0.3) is 0 Å². The van der Waals surface area contributed by atoms with Gasteiger partial charge in [-0.3, -0.25) is 0 Å². The van der Waals surface area contributed by atoms with E-state index in [1.807, 2.05) is 6.26 Å². The topological polar surface area (TPSA) is 35.5 Å². The zero-order valence-corrected chi connectivity index (χ0v) is 17.6. The summed E-state index contributed by atoms with van der Waals surface area (Å²) in [6, 6.07) is 0. The Bertz CT molecular complexity index is 594. The van der Waals surface area contributed by atoms with Gasteiger partial charge in [-0.25, -0.2) is 4.79 Å². The molecule has 4 atom stereocenters. The van der Waals surface area contributed by atoms with Crippen molar-refractivity contribution in [3.8, 4) is 0 Å². The molecule has 2 saturated carbocycles. The highest BCUT2D eigenvalue weighted by Gasteiger charge is 2.52. The van der Waals surface area contributed by atoms with Crippen LogP contribution in [0.4, 0.5) is 0 Å². The van der Waals surface area contributed by atoms with Crippen molar-refractivity contribution in [2.75, 3.05) is 18.8 Å². The molecular formula is C22H34O3S. The van der Waals surface area contributed by atoms with Crippen molar-refractivity contribution in [3.05, 3.63) is 23.8 Å². The first-order valence-corrected chi connectivity index (χ1v) is 11.3. The molecule has 4 heteroatoms. The monoisotopic (exact) mass is 378 g/mol. The maximum absolute atomic E-state index is 12.2. The summed E-state index contributed by atoms with van der Waals surface area (Å²) in [5, 5.41) is 0. The van der Waals surface area contributed by atoms with Gasteiger partial charge in [-0.1, -0.05) is 45.4 Å². The van der Waals surface area contributed by atoms with Gasteiger partial charge < -0.3 is 9.47 Å². The molecule has 0 unspecified atom stereocenters. The standard InChI is InChI=1S/C22H34O3S/c1-15-7-10-19-21(2,3)11-6-12-22(19,4)17(15)9-8-16-18(25-14-26-5)13-24-20(16)23/h8,17-19H,1,6-7,9-14H2,2-5H3/b16-8+/t17-,18-,19-,22+/m0/s1. The van der Waals surface area contributed by atoms with Crippen LogP contribution in [-0.2, 0) is 14.3 Å². The lowest BCUT2D eigenvalue weighted by Gasteiger charge is -2.58. The molecule has 26 heavy (non-hydrogen) atoms. The van der Waals surface area contributed by atoms with Gasteiger partial charge in [0.15, 0.2) is 0 Å². The second-order valence-corrected chi connectivity index (χ2v) is 10.0. The van der Waals surface area contributed by atoms with Crippen LogP contribution in [-0.4, -0.2) is 30.9 Å². The minimum atomic E-state index is -0.210. The fourth-order valence-corrected chi connectivity index (χ4v) is 6.21. The van der Waals surface area contributed by atoms with Crippen LogP contribution >= 0.6 is 11.8 Å². The van der Waals surface area contributed by atoms with Gasteiger partial charge >= 0.3 is 5.97 Å². The average Bonchev–Trinajstić information content (AvgIpc) is 2.91. The molecule has 0 N–H and O–H groups in total. The maximum atomic E-state index is 12.2. The van der Waals surface area contributed by atoms with Crippen LogP contribution in [0.5, 0.6) is 0 Å². The number of thioether (sulfide) groups is 1. The number of carbonyl (C=O) groups is 1. The molecule has 0 bridgehead atoms. The summed E-state index contributed by atoms with van der Waals surface area (Å²) in [4.78, 5) is 12.2. The smallest absolute Gasteiger partial charge is 0.336 e. The van der Waals surface area contributed by atoms with Gasteiger partial charge in [-0.05, 0) is 61.0 Å². The van der Waals surface area contributed by atoms with Crippen LogP contribution in [0.1, 0.15) is 59.3 Å². The molecule has 3 rings (SSSR count). The SMILES string of the molecule is C=C1CC[C@H]2C(C)(C)CCC[C@]2(C)[C@H]1C/C=C1/C(=O)OC[C@@H]1OCSC. The van der Waals surface area contributed by atoms with Crippen LogP contribution in [0.2, 0.25) is 0 Å². The minimum Gasteiger partial charge on any atom is -0.459 e. The molecule has 0 amide bonds. The molecule has 2 aliphatic carbocycles. The molecule has 0 spiro atoms. The molecule has 0 radical (unpaired) electrons. The Kier molecular flexibility index (Phi) is 5.93. The first kappa shape index (κ1) is 20.0. The van der Waals surface area contributed by atoms with Crippen LogP contribution in [0.3, 0.4) is 0 Å². The van der Waals surface area contributed by atoms with Crippen molar-refractivity contribution >= 4 is 17.7 Å².